The third-order valence-electron chi connectivity index (χ3n) is 2.77. The minimum Gasteiger partial charge on any atom is -0.469 e. The van der Waals surface area contributed by atoms with Gasteiger partial charge in [-0.1, -0.05) is 0 Å². The summed E-state index contributed by atoms with van der Waals surface area (Å²) in [5.74, 6) is -0.265. The van der Waals surface area contributed by atoms with Crippen molar-refractivity contribution in [3.63, 3.8) is 0 Å². The second-order valence-electron chi connectivity index (χ2n) is 4.27. The zero-order chi connectivity index (χ0) is 10.8. The second kappa shape index (κ2) is 4.28. The molecule has 1 aliphatic heterocycles. The van der Waals surface area contributed by atoms with Crippen LogP contribution in [0.4, 0.5) is 0 Å². The third kappa shape index (κ3) is 2.25. The Morgan fingerprint density at radius 2 is 2.14 bits per heavy atom. The fourth-order valence-corrected chi connectivity index (χ4v) is 1.70. The molecule has 0 aromatic carbocycles. The summed E-state index contributed by atoms with van der Waals surface area (Å²) >= 11 is 0. The summed E-state index contributed by atoms with van der Waals surface area (Å²) in [4.78, 5) is 11.4. The maximum absolute atomic E-state index is 11.4. The molecule has 1 aliphatic rings. The van der Waals surface area contributed by atoms with Crippen molar-refractivity contribution in [1.29, 1.82) is 0 Å². The molecule has 1 heterocycles. The third-order valence-corrected chi connectivity index (χ3v) is 2.77. The van der Waals surface area contributed by atoms with E-state index >= 15 is 0 Å². The van der Waals surface area contributed by atoms with Crippen molar-refractivity contribution in [1.82, 2.24) is 0 Å². The molecule has 4 nitrogen and oxygen atoms in total. The van der Waals surface area contributed by atoms with Gasteiger partial charge in [0, 0.05) is 0 Å². The van der Waals surface area contributed by atoms with Crippen LogP contribution in [0.25, 0.3) is 0 Å². The molecular formula is C10H18O4. The molecule has 0 amide bonds. The van der Waals surface area contributed by atoms with Crippen LogP contribution >= 0.6 is 0 Å². The molecule has 14 heavy (non-hydrogen) atoms. The highest BCUT2D eigenvalue weighted by atomic mass is 16.5. The van der Waals surface area contributed by atoms with Gasteiger partial charge >= 0.3 is 5.97 Å². The maximum Gasteiger partial charge on any atom is 0.313 e. The van der Waals surface area contributed by atoms with Gasteiger partial charge in [0.15, 0.2) is 0 Å². The van der Waals surface area contributed by atoms with E-state index in [1.807, 2.05) is 0 Å². The lowest BCUT2D eigenvalue weighted by molar-refractivity contribution is -0.167. The van der Waals surface area contributed by atoms with Crippen LogP contribution in [0, 0.1) is 5.41 Å². The van der Waals surface area contributed by atoms with Crippen molar-refractivity contribution >= 4 is 5.97 Å². The van der Waals surface area contributed by atoms with Gasteiger partial charge in [0.05, 0.1) is 31.3 Å². The quantitative estimate of drug-likeness (QED) is 0.670. The normalized spacial score (nSPS) is 28.6. The van der Waals surface area contributed by atoms with Crippen molar-refractivity contribution in [2.24, 2.45) is 5.41 Å². The largest absolute Gasteiger partial charge is 0.469 e. The molecule has 82 valence electrons. The van der Waals surface area contributed by atoms with E-state index in [-0.39, 0.29) is 18.2 Å². The van der Waals surface area contributed by atoms with Crippen molar-refractivity contribution in [2.45, 2.75) is 38.9 Å². The lowest BCUT2D eigenvalue weighted by atomic mass is 9.82. The number of ether oxygens (including phenoxy) is 2. The lowest BCUT2D eigenvalue weighted by Crippen LogP contribution is -2.44. The maximum atomic E-state index is 11.4. The first-order valence-corrected chi connectivity index (χ1v) is 4.86. The van der Waals surface area contributed by atoms with E-state index < -0.39 is 5.41 Å². The molecule has 4 heteroatoms. The van der Waals surface area contributed by atoms with Crippen molar-refractivity contribution in [2.75, 3.05) is 13.7 Å². The van der Waals surface area contributed by atoms with E-state index in [0.717, 1.165) is 0 Å². The second-order valence-corrected chi connectivity index (χ2v) is 4.27. The van der Waals surface area contributed by atoms with E-state index in [2.05, 4.69) is 0 Å². The Morgan fingerprint density at radius 3 is 2.57 bits per heavy atom. The fraction of sp³-hybridized carbons (Fsp3) is 0.900. The smallest absolute Gasteiger partial charge is 0.313 e. The first kappa shape index (κ1) is 11.5. The SMILES string of the molecule is COC(=O)C(C)(C)[C@H]1CC[C@H](O)CO1. The number of carbonyl (C=O) groups is 1. The van der Waals surface area contributed by atoms with Crippen molar-refractivity contribution in [3.8, 4) is 0 Å². The van der Waals surface area contributed by atoms with Crippen molar-refractivity contribution < 1.29 is 19.4 Å². The summed E-state index contributed by atoms with van der Waals surface area (Å²) in [6.45, 7) is 3.92. The Labute approximate surface area is 84.2 Å². The van der Waals surface area contributed by atoms with Gasteiger partial charge in [0.25, 0.3) is 0 Å². The number of aliphatic hydroxyl groups is 1. The van der Waals surface area contributed by atoms with Crippen LogP contribution < -0.4 is 0 Å². The van der Waals surface area contributed by atoms with Gasteiger partial charge in [0.2, 0.25) is 0 Å². The van der Waals surface area contributed by atoms with Crippen LogP contribution in [0.3, 0.4) is 0 Å². The Bertz CT molecular complexity index is 204. The number of hydrogen-bond donors (Lipinski definition) is 1. The van der Waals surface area contributed by atoms with Gasteiger partial charge in [0.1, 0.15) is 0 Å². The summed E-state index contributed by atoms with van der Waals surface area (Å²) < 4.78 is 10.1. The van der Waals surface area contributed by atoms with Gasteiger partial charge < -0.3 is 14.6 Å². The summed E-state index contributed by atoms with van der Waals surface area (Å²) in [6.07, 6.45) is 0.840. The molecule has 0 unspecified atom stereocenters. The molecular weight excluding hydrogens is 184 g/mol. The molecule has 1 rings (SSSR count). The zero-order valence-corrected chi connectivity index (χ0v) is 8.95. The molecule has 1 saturated heterocycles. The number of esters is 1. The van der Waals surface area contributed by atoms with Crippen LogP contribution in [0.2, 0.25) is 0 Å². The van der Waals surface area contributed by atoms with E-state index in [4.69, 9.17) is 9.47 Å². The molecule has 0 aliphatic carbocycles. The summed E-state index contributed by atoms with van der Waals surface area (Å²) in [5.41, 5.74) is -0.630. The standard InChI is InChI=1S/C10H18O4/c1-10(2,9(12)13-3)8-5-4-7(11)6-14-8/h7-8,11H,4-6H2,1-3H3/t7-,8+/m0/s1. The topological polar surface area (TPSA) is 55.8 Å². The summed E-state index contributed by atoms with van der Waals surface area (Å²) in [7, 11) is 1.38. The highest BCUT2D eigenvalue weighted by Gasteiger charge is 2.40. The predicted molar refractivity (Wildman–Crippen MR) is 50.8 cm³/mol. The van der Waals surface area contributed by atoms with E-state index in [1.165, 1.54) is 7.11 Å². The number of aliphatic hydroxyl groups excluding tert-OH is 1. The molecule has 0 bridgehead atoms. The Kier molecular flexibility index (Phi) is 3.50. The Morgan fingerprint density at radius 1 is 1.50 bits per heavy atom. The highest BCUT2D eigenvalue weighted by molar-refractivity contribution is 5.76. The van der Waals surface area contributed by atoms with Crippen LogP contribution in [0.1, 0.15) is 26.7 Å². The molecule has 0 saturated carbocycles. The molecule has 1 fully saturated rings. The first-order valence-electron chi connectivity index (χ1n) is 4.86. The average molecular weight is 202 g/mol. The fourth-order valence-electron chi connectivity index (χ4n) is 1.70. The predicted octanol–water partition coefficient (Wildman–Crippen LogP) is 0.725. The van der Waals surface area contributed by atoms with Gasteiger partial charge in [-0.3, -0.25) is 4.79 Å². The van der Waals surface area contributed by atoms with E-state index in [9.17, 15) is 9.90 Å². The van der Waals surface area contributed by atoms with E-state index in [0.29, 0.717) is 19.4 Å². The number of methoxy groups -OCH3 is 1. The highest BCUT2D eigenvalue weighted by Crippen LogP contribution is 2.31. The molecule has 0 radical (unpaired) electrons. The zero-order valence-electron chi connectivity index (χ0n) is 8.95. The number of rotatable bonds is 2. The molecule has 0 aromatic rings. The van der Waals surface area contributed by atoms with Crippen LogP contribution in [0.15, 0.2) is 0 Å². The first-order chi connectivity index (χ1) is 6.48. The molecule has 0 spiro atoms. The monoisotopic (exact) mass is 202 g/mol. The minimum atomic E-state index is -0.630. The molecule has 1 N–H and O–H groups in total. The van der Waals surface area contributed by atoms with Gasteiger partial charge in [-0.15, -0.1) is 0 Å². The number of hydrogen-bond acceptors (Lipinski definition) is 4. The minimum absolute atomic E-state index is 0.154. The van der Waals surface area contributed by atoms with Crippen LogP contribution in [-0.2, 0) is 14.3 Å². The Hall–Kier alpha value is -0.610. The Balaban J connectivity index is 2.59. The molecule has 2 atom stereocenters. The van der Waals surface area contributed by atoms with E-state index in [1.54, 1.807) is 13.8 Å². The van der Waals surface area contributed by atoms with Gasteiger partial charge in [-0.05, 0) is 26.7 Å². The lowest BCUT2D eigenvalue weighted by Gasteiger charge is -2.35. The summed E-state index contributed by atoms with van der Waals surface area (Å²) in [6, 6.07) is 0. The summed E-state index contributed by atoms with van der Waals surface area (Å²) in [5, 5.41) is 9.25. The van der Waals surface area contributed by atoms with Crippen LogP contribution in [-0.4, -0.2) is 37.0 Å². The van der Waals surface area contributed by atoms with Gasteiger partial charge in [-0.25, -0.2) is 0 Å². The van der Waals surface area contributed by atoms with Gasteiger partial charge in [-0.2, -0.15) is 0 Å². The average Bonchev–Trinajstić information content (AvgIpc) is 2.17. The number of carbonyl (C=O) groups excluding carboxylic acids is 1. The van der Waals surface area contributed by atoms with Crippen molar-refractivity contribution in [3.05, 3.63) is 0 Å². The molecule has 0 aromatic heterocycles. The van der Waals surface area contributed by atoms with Crippen LogP contribution in [0.5, 0.6) is 0 Å².